The van der Waals surface area contributed by atoms with E-state index >= 15 is 0 Å². The maximum Gasteiger partial charge on any atom is 0.227 e. The second-order valence-electron chi connectivity index (χ2n) is 5.50. The number of allylic oxidation sites excluding steroid dienone is 2. The fourth-order valence-corrected chi connectivity index (χ4v) is 2.68. The number of nitrogens with one attached hydrogen (secondary N) is 1. The number of halogens is 1. The molecule has 1 fully saturated rings. The molecule has 1 saturated carbocycles. The Bertz CT molecular complexity index is 496. The van der Waals surface area contributed by atoms with Gasteiger partial charge in [-0.15, -0.1) is 0 Å². The highest BCUT2D eigenvalue weighted by Gasteiger charge is 2.28. The largest absolute Gasteiger partial charge is 0.351 e. The fraction of sp³-hybridized carbons (Fsp3) is 0.643. The van der Waals surface area contributed by atoms with Crippen LogP contribution in [0.3, 0.4) is 0 Å². The molecule has 2 aliphatic rings. The van der Waals surface area contributed by atoms with E-state index in [9.17, 15) is 0 Å². The van der Waals surface area contributed by atoms with Gasteiger partial charge in [0.15, 0.2) is 5.82 Å². The van der Waals surface area contributed by atoms with E-state index < -0.39 is 0 Å². The van der Waals surface area contributed by atoms with Gasteiger partial charge in [0.2, 0.25) is 11.2 Å². The highest BCUT2D eigenvalue weighted by molar-refractivity contribution is 6.28. The van der Waals surface area contributed by atoms with Crippen molar-refractivity contribution in [1.29, 1.82) is 0 Å². The molecule has 4 nitrogen and oxygen atoms in total. The van der Waals surface area contributed by atoms with Crippen LogP contribution in [0.5, 0.6) is 0 Å². The van der Waals surface area contributed by atoms with E-state index in [0.717, 1.165) is 24.6 Å². The van der Waals surface area contributed by atoms with Gasteiger partial charge >= 0.3 is 0 Å². The molecule has 3 rings (SSSR count). The maximum atomic E-state index is 6.02. The van der Waals surface area contributed by atoms with E-state index in [2.05, 4.69) is 33.3 Å². The first-order valence-corrected chi connectivity index (χ1v) is 7.47. The topological polar surface area (TPSA) is 50.7 Å². The van der Waals surface area contributed by atoms with Crippen molar-refractivity contribution in [1.82, 2.24) is 15.0 Å². The normalized spacial score (nSPS) is 20.8. The Morgan fingerprint density at radius 3 is 2.79 bits per heavy atom. The summed E-state index contributed by atoms with van der Waals surface area (Å²) < 4.78 is 0. The van der Waals surface area contributed by atoms with Crippen LogP contribution in [-0.4, -0.2) is 21.0 Å². The van der Waals surface area contributed by atoms with Crippen molar-refractivity contribution in [3.63, 3.8) is 0 Å². The molecule has 0 saturated heterocycles. The van der Waals surface area contributed by atoms with E-state index in [4.69, 9.17) is 11.6 Å². The maximum absolute atomic E-state index is 6.02. The monoisotopic (exact) mass is 278 g/mol. The molecule has 19 heavy (non-hydrogen) atoms. The molecule has 1 aromatic heterocycles. The average molecular weight is 279 g/mol. The Labute approximate surface area is 118 Å². The van der Waals surface area contributed by atoms with Crippen LogP contribution >= 0.6 is 11.6 Å². The highest BCUT2D eigenvalue weighted by Crippen LogP contribution is 2.33. The summed E-state index contributed by atoms with van der Waals surface area (Å²) >= 11 is 6.02. The third-order valence-electron chi connectivity index (χ3n) is 3.87. The van der Waals surface area contributed by atoms with Crippen molar-refractivity contribution in [2.75, 3.05) is 5.32 Å². The lowest BCUT2D eigenvalue weighted by molar-refractivity contribution is 0.683. The van der Waals surface area contributed by atoms with Gasteiger partial charge in [0.1, 0.15) is 0 Å². The molecule has 0 aromatic carbocycles. The number of anilines is 1. The van der Waals surface area contributed by atoms with Crippen LogP contribution < -0.4 is 5.32 Å². The molecule has 102 valence electrons. The molecule has 5 heteroatoms. The van der Waals surface area contributed by atoms with Crippen molar-refractivity contribution in [2.45, 2.75) is 51.5 Å². The summed E-state index contributed by atoms with van der Waals surface area (Å²) in [5.41, 5.74) is 1.21. The summed E-state index contributed by atoms with van der Waals surface area (Å²) in [6, 6.07) is 0.409. The van der Waals surface area contributed by atoms with Crippen LogP contribution in [0, 0.1) is 5.92 Å². The second-order valence-corrected chi connectivity index (χ2v) is 5.84. The van der Waals surface area contributed by atoms with Crippen molar-refractivity contribution in [2.24, 2.45) is 5.92 Å². The Morgan fingerprint density at radius 2 is 2.11 bits per heavy atom. The molecule has 1 heterocycles. The van der Waals surface area contributed by atoms with E-state index in [-0.39, 0.29) is 5.28 Å². The van der Waals surface area contributed by atoms with Crippen molar-refractivity contribution in [3.05, 3.63) is 17.2 Å². The molecule has 1 atom stereocenters. The van der Waals surface area contributed by atoms with Gasteiger partial charge in [-0.05, 0) is 68.5 Å². The van der Waals surface area contributed by atoms with Crippen LogP contribution in [-0.2, 0) is 0 Å². The molecule has 2 aliphatic carbocycles. The van der Waals surface area contributed by atoms with Gasteiger partial charge in [-0.3, -0.25) is 0 Å². The third kappa shape index (κ3) is 3.24. The summed E-state index contributed by atoms with van der Waals surface area (Å²) in [4.78, 5) is 13.0. The van der Waals surface area contributed by atoms with E-state index in [1.54, 1.807) is 0 Å². The van der Waals surface area contributed by atoms with Crippen molar-refractivity contribution < 1.29 is 0 Å². The van der Waals surface area contributed by atoms with Crippen LogP contribution in [0.15, 0.2) is 6.08 Å². The van der Waals surface area contributed by atoms with E-state index in [1.807, 2.05) is 0 Å². The Balaban J connectivity index is 1.80. The minimum Gasteiger partial charge on any atom is -0.351 e. The van der Waals surface area contributed by atoms with Gasteiger partial charge in [-0.1, -0.05) is 6.08 Å². The first-order chi connectivity index (χ1) is 9.22. The molecular formula is C14H19ClN4. The first kappa shape index (κ1) is 12.9. The molecule has 0 aliphatic heterocycles. The smallest absolute Gasteiger partial charge is 0.227 e. The van der Waals surface area contributed by atoms with E-state index in [0.29, 0.717) is 12.0 Å². The lowest BCUT2D eigenvalue weighted by atomic mass is 9.99. The molecular weight excluding hydrogens is 260 g/mol. The number of hydrogen-bond acceptors (Lipinski definition) is 4. The zero-order chi connectivity index (χ0) is 13.2. The van der Waals surface area contributed by atoms with Gasteiger partial charge in [0, 0.05) is 6.04 Å². The minimum atomic E-state index is 0.280. The van der Waals surface area contributed by atoms with Crippen LogP contribution in [0.25, 0.3) is 5.57 Å². The molecule has 1 N–H and O–H groups in total. The van der Waals surface area contributed by atoms with Crippen LogP contribution in [0.1, 0.15) is 51.3 Å². The predicted octanol–water partition coefficient (Wildman–Crippen LogP) is 3.69. The lowest BCUT2D eigenvalue weighted by Gasteiger charge is -2.15. The number of hydrogen-bond donors (Lipinski definition) is 1. The lowest BCUT2D eigenvalue weighted by Crippen LogP contribution is -2.20. The zero-order valence-electron chi connectivity index (χ0n) is 11.2. The molecule has 0 unspecified atom stereocenters. The third-order valence-corrected chi connectivity index (χ3v) is 4.04. The Morgan fingerprint density at radius 1 is 1.26 bits per heavy atom. The minimum absolute atomic E-state index is 0.280. The number of rotatable bonds is 4. The molecule has 0 spiro atoms. The summed E-state index contributed by atoms with van der Waals surface area (Å²) in [5, 5.41) is 3.63. The van der Waals surface area contributed by atoms with Crippen LogP contribution in [0.2, 0.25) is 5.28 Å². The van der Waals surface area contributed by atoms with Gasteiger partial charge in [-0.2, -0.15) is 15.0 Å². The van der Waals surface area contributed by atoms with Gasteiger partial charge < -0.3 is 5.32 Å². The predicted molar refractivity (Wildman–Crippen MR) is 77.1 cm³/mol. The summed E-state index contributed by atoms with van der Waals surface area (Å²) in [5.74, 6) is 2.11. The number of aromatic nitrogens is 3. The van der Waals surface area contributed by atoms with Gasteiger partial charge in [-0.25, -0.2) is 0 Å². The van der Waals surface area contributed by atoms with Crippen molar-refractivity contribution >= 4 is 23.1 Å². The summed E-state index contributed by atoms with van der Waals surface area (Å²) in [6.45, 7) is 2.18. The molecule has 1 aromatic rings. The van der Waals surface area contributed by atoms with Gasteiger partial charge in [0.05, 0.1) is 0 Å². The highest BCUT2D eigenvalue weighted by atomic mass is 35.5. The van der Waals surface area contributed by atoms with E-state index in [1.165, 1.54) is 31.3 Å². The quantitative estimate of drug-likeness (QED) is 0.912. The van der Waals surface area contributed by atoms with Crippen molar-refractivity contribution in [3.8, 4) is 0 Å². The molecule has 0 bridgehead atoms. The van der Waals surface area contributed by atoms with Gasteiger partial charge in [0.25, 0.3) is 0 Å². The molecule has 0 amide bonds. The Hall–Kier alpha value is -1.16. The Kier molecular flexibility index (Phi) is 3.69. The second kappa shape index (κ2) is 5.45. The SMILES string of the molecule is C[C@@H](Nc1nc(Cl)nc(C2=CCCCC2)n1)C1CC1. The zero-order valence-corrected chi connectivity index (χ0v) is 12.0. The summed E-state index contributed by atoms with van der Waals surface area (Å²) in [6.07, 6.45) is 9.43. The number of nitrogens with zero attached hydrogens (tertiary/aromatic N) is 3. The van der Waals surface area contributed by atoms with Crippen LogP contribution in [0.4, 0.5) is 5.95 Å². The fourth-order valence-electron chi connectivity index (χ4n) is 2.52. The summed E-state index contributed by atoms with van der Waals surface area (Å²) in [7, 11) is 0. The average Bonchev–Trinajstić information content (AvgIpc) is 3.23. The first-order valence-electron chi connectivity index (χ1n) is 7.10. The molecule has 0 radical (unpaired) electrons. The standard InChI is InChI=1S/C14H19ClN4/c1-9(10-7-8-10)16-14-18-12(17-13(15)19-14)11-5-3-2-4-6-11/h5,9-10H,2-4,6-8H2,1H3,(H,16,17,18,19)/t9-/m1/s1.